The highest BCUT2D eigenvalue weighted by Gasteiger charge is 2.19. The van der Waals surface area contributed by atoms with Gasteiger partial charge in [0.15, 0.2) is 5.75 Å². The van der Waals surface area contributed by atoms with Crippen molar-refractivity contribution in [1.82, 2.24) is 15.0 Å². The number of carbonyl (C=O) groups is 1. The highest BCUT2D eigenvalue weighted by atomic mass is 16.5. The molecule has 2 aromatic carbocycles. The van der Waals surface area contributed by atoms with Gasteiger partial charge < -0.3 is 4.74 Å². The number of para-hydroxylation sites is 1. The maximum atomic E-state index is 12.5. The number of esters is 1. The normalized spacial score (nSPS) is 11.2. The summed E-state index contributed by atoms with van der Waals surface area (Å²) in [6.07, 6.45) is 3.04. The number of aromatic nitrogens is 3. The molecule has 0 N–H and O–H groups in total. The highest BCUT2D eigenvalue weighted by Crippen LogP contribution is 2.33. The minimum absolute atomic E-state index is 0.202. The second kappa shape index (κ2) is 9.03. The van der Waals surface area contributed by atoms with Crippen LogP contribution < -0.4 is 4.74 Å². The number of unbranched alkanes of at least 4 members (excludes halogenated alkanes) is 1. The molecule has 5 heteroatoms. The smallest absolute Gasteiger partial charge is 0.311 e. The molecule has 0 spiro atoms. The van der Waals surface area contributed by atoms with E-state index in [-0.39, 0.29) is 11.9 Å². The van der Waals surface area contributed by atoms with E-state index in [1.54, 1.807) is 4.80 Å². The predicted octanol–water partition coefficient (Wildman–Crippen LogP) is 5.89. The van der Waals surface area contributed by atoms with E-state index < -0.39 is 0 Å². The van der Waals surface area contributed by atoms with Crippen LogP contribution in [0.15, 0.2) is 48.6 Å². The first-order valence-corrected chi connectivity index (χ1v) is 10.2. The summed E-state index contributed by atoms with van der Waals surface area (Å²) < 4.78 is 5.86. The molecule has 152 valence electrons. The molecular formula is C24H29N3O2. The third-order valence-electron chi connectivity index (χ3n) is 4.85. The SMILES string of the molecule is C=C(C)CCCCC(=O)Oc1c(C(C)C)cccc1-n1nc2ccc(C)cc2n1. The lowest BCUT2D eigenvalue weighted by molar-refractivity contribution is -0.134. The fraction of sp³-hybridized carbons (Fsp3) is 0.375. The van der Waals surface area contributed by atoms with Gasteiger partial charge >= 0.3 is 5.97 Å². The summed E-state index contributed by atoms with van der Waals surface area (Å²) in [4.78, 5) is 14.1. The number of ether oxygens (including phenoxy) is 1. The van der Waals surface area contributed by atoms with Crippen LogP contribution in [0.2, 0.25) is 0 Å². The van der Waals surface area contributed by atoms with Crippen molar-refractivity contribution < 1.29 is 9.53 Å². The zero-order valence-electron chi connectivity index (χ0n) is 17.7. The van der Waals surface area contributed by atoms with Crippen molar-refractivity contribution >= 4 is 17.0 Å². The molecule has 0 amide bonds. The molecule has 0 unspecified atom stereocenters. The number of fused-ring (bicyclic) bond motifs is 1. The Hall–Kier alpha value is -2.95. The van der Waals surface area contributed by atoms with Crippen LogP contribution in [0.4, 0.5) is 0 Å². The summed E-state index contributed by atoms with van der Waals surface area (Å²) in [7, 11) is 0. The van der Waals surface area contributed by atoms with Crippen molar-refractivity contribution in [2.75, 3.05) is 0 Å². The summed E-state index contributed by atoms with van der Waals surface area (Å²) in [6, 6.07) is 11.8. The zero-order valence-corrected chi connectivity index (χ0v) is 17.7. The van der Waals surface area contributed by atoms with Crippen molar-refractivity contribution in [3.05, 3.63) is 59.7 Å². The van der Waals surface area contributed by atoms with Crippen LogP contribution in [0.3, 0.4) is 0 Å². The number of aryl methyl sites for hydroxylation is 1. The van der Waals surface area contributed by atoms with Gasteiger partial charge in [0.25, 0.3) is 0 Å². The van der Waals surface area contributed by atoms with Crippen LogP contribution in [0.1, 0.15) is 63.5 Å². The third-order valence-corrected chi connectivity index (χ3v) is 4.85. The zero-order chi connectivity index (χ0) is 21.0. The first-order chi connectivity index (χ1) is 13.8. The minimum atomic E-state index is -0.228. The monoisotopic (exact) mass is 391 g/mol. The van der Waals surface area contributed by atoms with Gasteiger partial charge in [0.05, 0.1) is 0 Å². The van der Waals surface area contributed by atoms with Crippen LogP contribution in [-0.4, -0.2) is 21.0 Å². The number of rotatable bonds is 8. The fourth-order valence-electron chi connectivity index (χ4n) is 3.26. The fourth-order valence-corrected chi connectivity index (χ4v) is 3.26. The Morgan fingerprint density at radius 2 is 1.83 bits per heavy atom. The molecule has 1 aromatic heterocycles. The van der Waals surface area contributed by atoms with E-state index in [4.69, 9.17) is 4.74 Å². The Balaban J connectivity index is 1.90. The molecule has 5 nitrogen and oxygen atoms in total. The number of benzene rings is 2. The van der Waals surface area contributed by atoms with E-state index in [9.17, 15) is 4.79 Å². The summed E-state index contributed by atoms with van der Waals surface area (Å²) in [6.45, 7) is 12.1. The van der Waals surface area contributed by atoms with Gasteiger partial charge in [-0.1, -0.05) is 37.6 Å². The minimum Gasteiger partial charge on any atom is -0.424 e. The Morgan fingerprint density at radius 1 is 1.10 bits per heavy atom. The molecule has 0 saturated carbocycles. The average molecular weight is 392 g/mol. The van der Waals surface area contributed by atoms with Gasteiger partial charge in [-0.2, -0.15) is 0 Å². The largest absolute Gasteiger partial charge is 0.424 e. The number of hydrogen-bond donors (Lipinski definition) is 0. The van der Waals surface area contributed by atoms with E-state index in [2.05, 4.69) is 30.6 Å². The molecule has 3 rings (SSSR count). The van der Waals surface area contributed by atoms with Gasteiger partial charge in [0, 0.05) is 6.42 Å². The maximum Gasteiger partial charge on any atom is 0.311 e. The van der Waals surface area contributed by atoms with E-state index in [1.165, 1.54) is 0 Å². The third kappa shape index (κ3) is 5.11. The van der Waals surface area contributed by atoms with Crippen LogP contribution in [0.5, 0.6) is 5.75 Å². The molecule has 0 aliphatic rings. The molecule has 0 fully saturated rings. The van der Waals surface area contributed by atoms with Crippen molar-refractivity contribution in [3.8, 4) is 11.4 Å². The lowest BCUT2D eigenvalue weighted by Crippen LogP contribution is -2.13. The second-order valence-electron chi connectivity index (χ2n) is 7.97. The van der Waals surface area contributed by atoms with Crippen LogP contribution in [-0.2, 0) is 4.79 Å². The number of carbonyl (C=O) groups excluding carboxylic acids is 1. The summed E-state index contributed by atoms with van der Waals surface area (Å²) in [5, 5.41) is 9.20. The number of hydrogen-bond acceptors (Lipinski definition) is 4. The molecule has 3 aromatic rings. The standard InChI is InChI=1S/C24H29N3O2/c1-16(2)9-6-7-12-23(28)29-24-19(17(3)4)10-8-11-22(24)27-25-20-14-13-18(5)15-21(20)26-27/h8,10-11,13-15,17H,1,6-7,9,12H2,2-5H3. The van der Waals surface area contributed by atoms with Crippen LogP contribution in [0.25, 0.3) is 16.7 Å². The van der Waals surface area contributed by atoms with Crippen molar-refractivity contribution in [2.24, 2.45) is 0 Å². The number of nitrogens with zero attached hydrogens (tertiary/aromatic N) is 3. The first kappa shape index (κ1) is 20.8. The molecule has 1 heterocycles. The number of allylic oxidation sites excluding steroid dienone is 1. The van der Waals surface area contributed by atoms with Gasteiger partial charge in [-0.25, -0.2) is 0 Å². The first-order valence-electron chi connectivity index (χ1n) is 10.2. The molecule has 0 radical (unpaired) electrons. The van der Waals surface area contributed by atoms with Gasteiger partial charge in [-0.15, -0.1) is 21.6 Å². The van der Waals surface area contributed by atoms with Gasteiger partial charge in [0.1, 0.15) is 16.7 Å². The Bertz CT molecular complexity index is 1030. The van der Waals surface area contributed by atoms with Crippen LogP contribution in [0, 0.1) is 6.92 Å². The van der Waals surface area contributed by atoms with Crippen molar-refractivity contribution in [2.45, 2.75) is 59.3 Å². The Morgan fingerprint density at radius 3 is 2.55 bits per heavy atom. The lowest BCUT2D eigenvalue weighted by atomic mass is 10.0. The van der Waals surface area contributed by atoms with Gasteiger partial charge in [0.2, 0.25) is 0 Å². The quantitative estimate of drug-likeness (QED) is 0.208. The second-order valence-corrected chi connectivity index (χ2v) is 7.97. The summed E-state index contributed by atoms with van der Waals surface area (Å²) >= 11 is 0. The van der Waals surface area contributed by atoms with E-state index in [0.29, 0.717) is 17.9 Å². The van der Waals surface area contributed by atoms with Crippen molar-refractivity contribution in [3.63, 3.8) is 0 Å². The van der Waals surface area contributed by atoms with Crippen molar-refractivity contribution in [1.29, 1.82) is 0 Å². The Labute approximate surface area is 172 Å². The summed E-state index contributed by atoms with van der Waals surface area (Å²) in [5.74, 6) is 0.520. The highest BCUT2D eigenvalue weighted by molar-refractivity contribution is 5.76. The molecule has 0 saturated heterocycles. The van der Waals surface area contributed by atoms with Crippen LogP contribution >= 0.6 is 0 Å². The van der Waals surface area contributed by atoms with E-state index in [0.717, 1.165) is 47.0 Å². The Kier molecular flexibility index (Phi) is 6.47. The molecule has 0 atom stereocenters. The van der Waals surface area contributed by atoms with Gasteiger partial charge in [-0.05, 0) is 68.4 Å². The predicted molar refractivity (Wildman–Crippen MR) is 117 cm³/mol. The molecule has 29 heavy (non-hydrogen) atoms. The topological polar surface area (TPSA) is 57.0 Å². The summed E-state index contributed by atoms with van der Waals surface area (Å²) in [5.41, 5.74) is 5.54. The molecule has 0 aliphatic carbocycles. The molecular weight excluding hydrogens is 362 g/mol. The molecule has 0 aliphatic heterocycles. The molecule has 0 bridgehead atoms. The lowest BCUT2D eigenvalue weighted by Gasteiger charge is -2.16. The average Bonchev–Trinajstić information content (AvgIpc) is 3.08. The van der Waals surface area contributed by atoms with E-state index in [1.807, 2.05) is 50.2 Å². The maximum absolute atomic E-state index is 12.5. The van der Waals surface area contributed by atoms with Gasteiger partial charge in [-0.3, -0.25) is 4.79 Å². The van der Waals surface area contributed by atoms with E-state index >= 15 is 0 Å².